The molecule has 39 heavy (non-hydrogen) atoms. The highest BCUT2D eigenvalue weighted by atomic mass is 32.2. The molecule has 1 amide bonds. The number of carbonyl (C=O) groups excluding carboxylic acids is 2. The van der Waals surface area contributed by atoms with E-state index in [1.165, 1.54) is 43.5 Å². The van der Waals surface area contributed by atoms with Crippen molar-refractivity contribution in [2.45, 2.75) is 30.9 Å². The molecule has 0 radical (unpaired) electrons. The van der Waals surface area contributed by atoms with Crippen molar-refractivity contribution in [2.75, 3.05) is 23.6 Å². The number of nitrogens with one attached hydrogen (secondary N) is 2. The number of carbonyl (C=O) groups is 2. The van der Waals surface area contributed by atoms with E-state index in [0.717, 1.165) is 24.2 Å². The van der Waals surface area contributed by atoms with Crippen LogP contribution in [0.4, 0.5) is 11.5 Å². The Kier molecular flexibility index (Phi) is 7.27. The molecule has 1 aliphatic heterocycles. The third-order valence-corrected chi connectivity index (χ3v) is 7.80. The SMILES string of the molecule is CC(OC(=O)c1c2c(nc3ccccc13)CCN(C)C2)C(=O)Nc1ccc(S(=O)(=O)Nc2ccccn2)cc1. The number of ether oxygens (including phenoxy) is 1. The molecule has 0 aliphatic carbocycles. The van der Waals surface area contributed by atoms with E-state index < -0.39 is 28.0 Å². The van der Waals surface area contributed by atoms with Crippen LogP contribution in [0.5, 0.6) is 0 Å². The van der Waals surface area contributed by atoms with E-state index in [1.54, 1.807) is 12.1 Å². The van der Waals surface area contributed by atoms with E-state index >= 15 is 0 Å². The fourth-order valence-electron chi connectivity index (χ4n) is 4.41. The second-order valence-corrected chi connectivity index (χ2v) is 11.0. The number of benzene rings is 2. The van der Waals surface area contributed by atoms with Crippen molar-refractivity contribution in [3.63, 3.8) is 0 Å². The quantitative estimate of drug-likeness (QED) is 0.337. The molecule has 0 spiro atoms. The minimum atomic E-state index is -3.85. The number of amides is 1. The zero-order valence-electron chi connectivity index (χ0n) is 21.4. The Hall–Kier alpha value is -4.35. The van der Waals surface area contributed by atoms with E-state index in [4.69, 9.17) is 9.72 Å². The van der Waals surface area contributed by atoms with Crippen molar-refractivity contribution >= 4 is 44.3 Å². The molecule has 11 heteroatoms. The highest BCUT2D eigenvalue weighted by Gasteiger charge is 2.28. The van der Waals surface area contributed by atoms with E-state index in [1.807, 2.05) is 31.3 Å². The molecule has 0 bridgehead atoms. The Labute approximate surface area is 226 Å². The van der Waals surface area contributed by atoms with Crippen molar-refractivity contribution in [3.05, 3.63) is 89.7 Å². The van der Waals surface area contributed by atoms with Gasteiger partial charge in [0.1, 0.15) is 5.82 Å². The molecule has 1 aliphatic rings. The summed E-state index contributed by atoms with van der Waals surface area (Å²) >= 11 is 0. The fourth-order valence-corrected chi connectivity index (χ4v) is 5.42. The van der Waals surface area contributed by atoms with Crippen molar-refractivity contribution in [1.29, 1.82) is 0 Å². The largest absolute Gasteiger partial charge is 0.449 e. The van der Waals surface area contributed by atoms with Crippen molar-refractivity contribution in [3.8, 4) is 0 Å². The van der Waals surface area contributed by atoms with Crippen LogP contribution in [0.15, 0.2) is 77.8 Å². The molecular formula is C28H27N5O5S. The van der Waals surface area contributed by atoms with Gasteiger partial charge in [0.25, 0.3) is 15.9 Å². The highest BCUT2D eigenvalue weighted by Crippen LogP contribution is 2.29. The van der Waals surface area contributed by atoms with Crippen LogP contribution < -0.4 is 10.0 Å². The Morgan fingerprint density at radius 3 is 2.51 bits per heavy atom. The Balaban J connectivity index is 1.29. The van der Waals surface area contributed by atoms with Gasteiger partial charge in [-0.2, -0.15) is 0 Å². The predicted octanol–water partition coefficient (Wildman–Crippen LogP) is 3.60. The molecule has 1 unspecified atom stereocenters. The number of pyridine rings is 2. The molecule has 5 rings (SSSR count). The average Bonchev–Trinajstić information content (AvgIpc) is 2.92. The predicted molar refractivity (Wildman–Crippen MR) is 147 cm³/mol. The third kappa shape index (κ3) is 5.74. The van der Waals surface area contributed by atoms with E-state index in [0.29, 0.717) is 28.7 Å². The van der Waals surface area contributed by atoms with Gasteiger partial charge >= 0.3 is 5.97 Å². The Morgan fingerprint density at radius 2 is 1.77 bits per heavy atom. The number of nitrogens with zero attached hydrogens (tertiary/aromatic N) is 3. The minimum Gasteiger partial charge on any atom is -0.449 e. The number of fused-ring (bicyclic) bond motifs is 2. The molecule has 0 saturated carbocycles. The van der Waals surface area contributed by atoms with Gasteiger partial charge in [0, 0.05) is 48.0 Å². The molecule has 2 aromatic carbocycles. The number of anilines is 2. The van der Waals surface area contributed by atoms with Gasteiger partial charge in [-0.25, -0.2) is 18.2 Å². The zero-order valence-corrected chi connectivity index (χ0v) is 22.2. The molecule has 10 nitrogen and oxygen atoms in total. The number of esters is 1. The highest BCUT2D eigenvalue weighted by molar-refractivity contribution is 7.92. The lowest BCUT2D eigenvalue weighted by Crippen LogP contribution is -2.32. The van der Waals surface area contributed by atoms with Crippen molar-refractivity contribution < 1.29 is 22.7 Å². The summed E-state index contributed by atoms with van der Waals surface area (Å²) in [4.78, 5) is 37.1. The number of para-hydroxylation sites is 1. The van der Waals surface area contributed by atoms with Crippen LogP contribution >= 0.6 is 0 Å². The normalized spacial score (nSPS) is 14.3. The Bertz CT molecular complexity index is 1640. The van der Waals surface area contributed by atoms with Crippen LogP contribution in [0.25, 0.3) is 10.9 Å². The lowest BCUT2D eigenvalue weighted by Gasteiger charge is -2.27. The Morgan fingerprint density at radius 1 is 1.03 bits per heavy atom. The van der Waals surface area contributed by atoms with Crippen LogP contribution in [0.3, 0.4) is 0 Å². The van der Waals surface area contributed by atoms with Gasteiger partial charge in [0.15, 0.2) is 6.10 Å². The van der Waals surface area contributed by atoms with Crippen LogP contribution in [-0.2, 0) is 32.5 Å². The lowest BCUT2D eigenvalue weighted by atomic mass is 9.96. The maximum absolute atomic E-state index is 13.4. The summed E-state index contributed by atoms with van der Waals surface area (Å²) in [6.07, 6.45) is 1.10. The summed E-state index contributed by atoms with van der Waals surface area (Å²) in [6, 6.07) is 17.9. The number of hydrogen-bond donors (Lipinski definition) is 2. The first kappa shape index (κ1) is 26.3. The smallest absolute Gasteiger partial charge is 0.339 e. The monoisotopic (exact) mass is 545 g/mol. The first-order valence-electron chi connectivity index (χ1n) is 12.4. The van der Waals surface area contributed by atoms with E-state index in [9.17, 15) is 18.0 Å². The molecule has 2 aromatic heterocycles. The number of likely N-dealkylation sites (N-methyl/N-ethyl adjacent to an activating group) is 1. The lowest BCUT2D eigenvalue weighted by molar-refractivity contribution is -0.123. The summed E-state index contributed by atoms with van der Waals surface area (Å²) in [6.45, 7) is 2.89. The number of hydrogen-bond acceptors (Lipinski definition) is 8. The molecule has 200 valence electrons. The molecule has 0 fully saturated rings. The molecule has 1 atom stereocenters. The van der Waals surface area contributed by atoms with Gasteiger partial charge in [-0.15, -0.1) is 0 Å². The van der Waals surface area contributed by atoms with Gasteiger partial charge < -0.3 is 15.0 Å². The van der Waals surface area contributed by atoms with E-state index in [-0.39, 0.29) is 10.7 Å². The van der Waals surface area contributed by atoms with Crippen LogP contribution in [-0.4, -0.2) is 54.9 Å². The second-order valence-electron chi connectivity index (χ2n) is 9.30. The number of rotatable bonds is 7. The van der Waals surface area contributed by atoms with Crippen molar-refractivity contribution in [1.82, 2.24) is 14.9 Å². The molecular weight excluding hydrogens is 518 g/mol. The van der Waals surface area contributed by atoms with Gasteiger partial charge in [-0.05, 0) is 56.4 Å². The second kappa shape index (κ2) is 10.8. The topological polar surface area (TPSA) is 131 Å². The minimum absolute atomic E-state index is 0.00457. The third-order valence-electron chi connectivity index (χ3n) is 6.43. The molecule has 4 aromatic rings. The summed E-state index contributed by atoms with van der Waals surface area (Å²) < 4.78 is 33.2. The van der Waals surface area contributed by atoms with Gasteiger partial charge in [0.2, 0.25) is 0 Å². The summed E-state index contributed by atoms with van der Waals surface area (Å²) in [7, 11) is -1.87. The molecule has 2 N–H and O–H groups in total. The first-order valence-corrected chi connectivity index (χ1v) is 13.8. The molecule has 3 heterocycles. The van der Waals surface area contributed by atoms with Gasteiger partial charge in [-0.3, -0.25) is 14.5 Å². The summed E-state index contributed by atoms with van der Waals surface area (Å²) in [5.41, 5.74) is 3.17. The van der Waals surface area contributed by atoms with Crippen LogP contribution in [0.1, 0.15) is 28.5 Å². The summed E-state index contributed by atoms with van der Waals surface area (Å²) in [5.74, 6) is -0.944. The summed E-state index contributed by atoms with van der Waals surface area (Å²) in [5, 5.41) is 3.35. The standard InChI is InChI=1S/C28H27N5O5S/c1-18(27(34)30-19-10-12-20(13-11-19)39(36,37)32-25-9-5-6-15-29-25)38-28(35)26-21-7-3-4-8-23(21)31-24-14-16-33(2)17-22(24)26/h3-13,15,18H,14,16-17H2,1-2H3,(H,29,32)(H,30,34). The number of sulfonamides is 1. The zero-order chi connectivity index (χ0) is 27.6. The van der Waals surface area contributed by atoms with Crippen LogP contribution in [0.2, 0.25) is 0 Å². The average molecular weight is 546 g/mol. The first-order chi connectivity index (χ1) is 18.7. The molecule has 0 saturated heterocycles. The van der Waals surface area contributed by atoms with Gasteiger partial charge in [0.05, 0.1) is 16.0 Å². The maximum Gasteiger partial charge on any atom is 0.339 e. The number of aromatic nitrogens is 2. The van der Waals surface area contributed by atoms with Gasteiger partial charge in [-0.1, -0.05) is 24.3 Å². The van der Waals surface area contributed by atoms with Crippen LogP contribution in [0, 0.1) is 0 Å². The van der Waals surface area contributed by atoms with E-state index in [2.05, 4.69) is 19.9 Å². The fraction of sp³-hybridized carbons (Fsp3) is 0.214. The maximum atomic E-state index is 13.4. The van der Waals surface area contributed by atoms with Crippen molar-refractivity contribution in [2.24, 2.45) is 0 Å².